The molecule has 20 heavy (non-hydrogen) atoms. The van der Waals surface area contributed by atoms with Gasteiger partial charge in [0.05, 0.1) is 10.6 Å². The van der Waals surface area contributed by atoms with Crippen molar-refractivity contribution < 1.29 is 9.21 Å². The summed E-state index contributed by atoms with van der Waals surface area (Å²) in [5.41, 5.74) is 0.803. The second kappa shape index (κ2) is 5.68. The third-order valence-electron chi connectivity index (χ3n) is 2.51. The molecule has 1 aromatic carbocycles. The number of carbonyl (C=O) groups excluding carboxylic acids is 1. The molecule has 0 atom stereocenters. The Morgan fingerprint density at radius 3 is 2.70 bits per heavy atom. The molecule has 100 valence electrons. The second-order valence-corrected chi connectivity index (χ2v) is 5.77. The standard InChI is InChI=1S/C14H9BrN2O2S/c15-12-7-6-10(19-12)8-11-13(18)17-14(20-11)16-9-4-2-1-3-5-9/h1-8H,(H,16,17,18)/b11-8-. The minimum atomic E-state index is -0.169. The van der Waals surface area contributed by atoms with Gasteiger partial charge in [0.2, 0.25) is 0 Å². The van der Waals surface area contributed by atoms with E-state index >= 15 is 0 Å². The van der Waals surface area contributed by atoms with Crippen molar-refractivity contribution in [2.24, 2.45) is 4.99 Å². The molecule has 1 aliphatic rings. The van der Waals surface area contributed by atoms with Gasteiger partial charge in [0, 0.05) is 6.08 Å². The zero-order valence-electron chi connectivity index (χ0n) is 10.2. The Kier molecular flexibility index (Phi) is 3.75. The Labute approximate surface area is 128 Å². The van der Waals surface area contributed by atoms with E-state index in [4.69, 9.17) is 4.42 Å². The number of amides is 1. The first kappa shape index (κ1) is 13.2. The Morgan fingerprint density at radius 2 is 2.00 bits per heavy atom. The van der Waals surface area contributed by atoms with E-state index in [1.54, 1.807) is 18.2 Å². The van der Waals surface area contributed by atoms with Crippen molar-refractivity contribution in [3.05, 3.63) is 57.8 Å². The molecule has 1 amide bonds. The predicted octanol–water partition coefficient (Wildman–Crippen LogP) is 3.93. The molecule has 0 saturated carbocycles. The summed E-state index contributed by atoms with van der Waals surface area (Å²) in [4.78, 5) is 16.8. The van der Waals surface area contributed by atoms with Crippen molar-refractivity contribution in [1.82, 2.24) is 5.32 Å². The highest BCUT2D eigenvalue weighted by Gasteiger charge is 2.24. The summed E-state index contributed by atoms with van der Waals surface area (Å²) in [6, 6.07) is 13.1. The van der Waals surface area contributed by atoms with E-state index in [1.807, 2.05) is 30.3 Å². The molecular weight excluding hydrogens is 340 g/mol. The number of furan rings is 1. The van der Waals surface area contributed by atoms with Crippen LogP contribution in [0.3, 0.4) is 0 Å². The third kappa shape index (κ3) is 3.02. The first-order valence-corrected chi connectivity index (χ1v) is 7.42. The number of thioether (sulfide) groups is 1. The highest BCUT2D eigenvalue weighted by molar-refractivity contribution is 9.10. The van der Waals surface area contributed by atoms with Gasteiger partial charge in [0.25, 0.3) is 5.91 Å². The lowest BCUT2D eigenvalue weighted by Gasteiger charge is -1.94. The van der Waals surface area contributed by atoms with Gasteiger partial charge in [0.1, 0.15) is 5.76 Å². The molecular formula is C14H9BrN2O2S. The van der Waals surface area contributed by atoms with Crippen molar-refractivity contribution in [2.45, 2.75) is 0 Å². The molecule has 1 saturated heterocycles. The zero-order chi connectivity index (χ0) is 13.9. The topological polar surface area (TPSA) is 54.6 Å². The van der Waals surface area contributed by atoms with Crippen LogP contribution in [0.2, 0.25) is 0 Å². The summed E-state index contributed by atoms with van der Waals surface area (Å²) in [5.74, 6) is 0.452. The van der Waals surface area contributed by atoms with E-state index in [-0.39, 0.29) is 5.91 Å². The molecule has 4 nitrogen and oxygen atoms in total. The number of para-hydroxylation sites is 1. The molecule has 2 aromatic rings. The van der Waals surface area contributed by atoms with E-state index in [1.165, 1.54) is 11.8 Å². The van der Waals surface area contributed by atoms with Gasteiger partial charge in [-0.25, -0.2) is 4.99 Å². The fourth-order valence-electron chi connectivity index (χ4n) is 1.64. The van der Waals surface area contributed by atoms with Gasteiger partial charge in [-0.1, -0.05) is 18.2 Å². The van der Waals surface area contributed by atoms with Gasteiger partial charge >= 0.3 is 0 Å². The maximum atomic E-state index is 11.9. The van der Waals surface area contributed by atoms with Crippen LogP contribution in [-0.2, 0) is 4.79 Å². The second-order valence-electron chi connectivity index (χ2n) is 3.96. The lowest BCUT2D eigenvalue weighted by molar-refractivity contribution is -0.115. The average molecular weight is 349 g/mol. The SMILES string of the molecule is O=C1NC(=Nc2ccccc2)S/C1=C\c1ccc(Br)o1. The van der Waals surface area contributed by atoms with Crippen LogP contribution in [0.4, 0.5) is 5.69 Å². The van der Waals surface area contributed by atoms with Crippen molar-refractivity contribution in [3.63, 3.8) is 0 Å². The normalized spacial score (nSPS) is 18.8. The van der Waals surface area contributed by atoms with Crippen LogP contribution < -0.4 is 5.32 Å². The van der Waals surface area contributed by atoms with Gasteiger partial charge in [0.15, 0.2) is 9.84 Å². The fraction of sp³-hybridized carbons (Fsp3) is 0. The molecule has 1 N–H and O–H groups in total. The number of rotatable bonds is 2. The van der Waals surface area contributed by atoms with Crippen LogP contribution in [0, 0.1) is 0 Å². The zero-order valence-corrected chi connectivity index (χ0v) is 12.6. The summed E-state index contributed by atoms with van der Waals surface area (Å²) in [6.45, 7) is 0. The molecule has 6 heteroatoms. The molecule has 3 rings (SSSR count). The van der Waals surface area contributed by atoms with Gasteiger partial charge in [-0.05, 0) is 52.0 Å². The van der Waals surface area contributed by atoms with Crippen LogP contribution >= 0.6 is 27.7 Å². The van der Waals surface area contributed by atoms with E-state index in [0.717, 1.165) is 5.69 Å². The maximum Gasteiger partial charge on any atom is 0.264 e. The van der Waals surface area contributed by atoms with Crippen LogP contribution in [0.25, 0.3) is 6.08 Å². The molecule has 1 fully saturated rings. The number of nitrogens with one attached hydrogen (secondary N) is 1. The number of hydrogen-bond acceptors (Lipinski definition) is 4. The molecule has 1 aliphatic heterocycles. The van der Waals surface area contributed by atoms with Crippen LogP contribution in [-0.4, -0.2) is 11.1 Å². The summed E-state index contributed by atoms with van der Waals surface area (Å²) >= 11 is 4.52. The van der Waals surface area contributed by atoms with Crippen molar-refractivity contribution in [1.29, 1.82) is 0 Å². The first-order chi connectivity index (χ1) is 9.70. The number of amidine groups is 1. The highest BCUT2D eigenvalue weighted by atomic mass is 79.9. The van der Waals surface area contributed by atoms with Crippen LogP contribution in [0.1, 0.15) is 5.76 Å². The minimum Gasteiger partial charge on any atom is -0.450 e. The summed E-state index contributed by atoms with van der Waals surface area (Å²) < 4.78 is 5.98. The minimum absolute atomic E-state index is 0.169. The van der Waals surface area contributed by atoms with Gasteiger partial charge < -0.3 is 9.73 Å². The Bertz CT molecular complexity index is 707. The quantitative estimate of drug-likeness (QED) is 0.836. The van der Waals surface area contributed by atoms with Crippen molar-refractivity contribution >= 4 is 50.5 Å². The van der Waals surface area contributed by atoms with E-state index < -0.39 is 0 Å². The van der Waals surface area contributed by atoms with Gasteiger partial charge in [-0.2, -0.15) is 0 Å². The summed E-state index contributed by atoms with van der Waals surface area (Å²) in [5, 5.41) is 3.30. The molecule has 0 spiro atoms. The molecule has 0 aliphatic carbocycles. The average Bonchev–Trinajstić information content (AvgIpc) is 2.98. The monoisotopic (exact) mass is 348 g/mol. The number of nitrogens with zero attached hydrogens (tertiary/aromatic N) is 1. The smallest absolute Gasteiger partial charge is 0.264 e. The molecule has 2 heterocycles. The third-order valence-corrected chi connectivity index (χ3v) is 3.84. The largest absolute Gasteiger partial charge is 0.450 e. The van der Waals surface area contributed by atoms with E-state index in [2.05, 4.69) is 26.2 Å². The van der Waals surface area contributed by atoms with Gasteiger partial charge in [-0.15, -0.1) is 0 Å². The van der Waals surface area contributed by atoms with Crippen molar-refractivity contribution in [3.8, 4) is 0 Å². The van der Waals surface area contributed by atoms with Crippen LogP contribution in [0.15, 0.2) is 61.4 Å². The number of halogens is 1. The van der Waals surface area contributed by atoms with Gasteiger partial charge in [-0.3, -0.25) is 4.79 Å². The maximum absolute atomic E-state index is 11.9. The number of benzene rings is 1. The summed E-state index contributed by atoms with van der Waals surface area (Å²) in [6.07, 6.45) is 1.69. The molecule has 1 aromatic heterocycles. The van der Waals surface area contributed by atoms with E-state index in [0.29, 0.717) is 20.5 Å². The summed E-state index contributed by atoms with van der Waals surface area (Å²) in [7, 11) is 0. The van der Waals surface area contributed by atoms with E-state index in [9.17, 15) is 4.79 Å². The molecule has 0 bridgehead atoms. The predicted molar refractivity (Wildman–Crippen MR) is 83.7 cm³/mol. The highest BCUT2D eigenvalue weighted by Crippen LogP contribution is 2.28. The Morgan fingerprint density at radius 1 is 1.20 bits per heavy atom. The number of aliphatic imine (C=N–C) groups is 1. The molecule has 0 radical (unpaired) electrons. The Hall–Kier alpha value is -1.79. The van der Waals surface area contributed by atoms with Crippen LogP contribution in [0.5, 0.6) is 0 Å². The number of carbonyl (C=O) groups is 1. The Balaban J connectivity index is 1.82. The first-order valence-electron chi connectivity index (χ1n) is 5.81. The fourth-order valence-corrected chi connectivity index (χ4v) is 2.78. The molecule has 0 unspecified atom stereocenters. The lowest BCUT2D eigenvalue weighted by Crippen LogP contribution is -2.19. The lowest BCUT2D eigenvalue weighted by atomic mass is 10.3. The van der Waals surface area contributed by atoms with Crippen molar-refractivity contribution in [2.75, 3.05) is 0 Å². The number of hydrogen-bond donors (Lipinski definition) is 1.